The summed E-state index contributed by atoms with van der Waals surface area (Å²) in [5.41, 5.74) is 13.0. The van der Waals surface area contributed by atoms with Crippen molar-refractivity contribution >= 4 is 47.7 Å². The van der Waals surface area contributed by atoms with Crippen LogP contribution in [0.15, 0.2) is 113 Å². The third kappa shape index (κ3) is 11.5. The molecular formula is C47H53N9O10S3. The number of nitrogens with one attached hydrogen (secondary N) is 1. The molecule has 1 amide bonds. The molecule has 2 heterocycles. The number of aliphatic hydroxyl groups excluding tert-OH is 1. The van der Waals surface area contributed by atoms with Crippen molar-refractivity contribution < 1.29 is 45.7 Å². The molecule has 0 aliphatic carbocycles. The van der Waals surface area contributed by atoms with E-state index in [0.717, 1.165) is 14.6 Å². The maximum absolute atomic E-state index is 16.2. The van der Waals surface area contributed by atoms with Crippen LogP contribution in [0.25, 0.3) is 32.7 Å². The summed E-state index contributed by atoms with van der Waals surface area (Å²) in [4.78, 5) is 16.3. The molecule has 2 atom stereocenters. The summed E-state index contributed by atoms with van der Waals surface area (Å²) in [7, 11) is -5.47. The molecule has 0 aliphatic rings. The van der Waals surface area contributed by atoms with Crippen LogP contribution in [0.5, 0.6) is 17.2 Å². The largest absolute Gasteiger partial charge is 0.497 e. The Hall–Kier alpha value is -6.53. The van der Waals surface area contributed by atoms with E-state index in [4.69, 9.17) is 40.5 Å². The summed E-state index contributed by atoms with van der Waals surface area (Å²) in [5, 5.41) is 25.5. The van der Waals surface area contributed by atoms with Crippen LogP contribution in [0.1, 0.15) is 42.5 Å². The summed E-state index contributed by atoms with van der Waals surface area (Å²) in [6, 6.07) is 27.4. The average Bonchev–Trinajstić information content (AvgIpc) is 3.99. The summed E-state index contributed by atoms with van der Waals surface area (Å²) in [6.45, 7) is 4.02. The molecule has 364 valence electrons. The smallest absolute Gasteiger partial charge is 0.404 e. The van der Waals surface area contributed by atoms with Crippen LogP contribution in [-0.4, -0.2) is 97.6 Å². The van der Waals surface area contributed by atoms with E-state index in [1.54, 1.807) is 101 Å². The van der Waals surface area contributed by atoms with Crippen molar-refractivity contribution in [1.29, 1.82) is 0 Å². The van der Waals surface area contributed by atoms with E-state index in [-0.39, 0.29) is 43.1 Å². The Morgan fingerprint density at radius 1 is 0.812 bits per heavy atom. The topological polar surface area (TPSA) is 266 Å². The van der Waals surface area contributed by atoms with Gasteiger partial charge in [0.05, 0.1) is 49.7 Å². The van der Waals surface area contributed by atoms with Crippen molar-refractivity contribution in [3.05, 3.63) is 125 Å². The Labute approximate surface area is 404 Å². The number of ether oxygens (including phenoxy) is 4. The zero-order chi connectivity index (χ0) is 49.7. The Balaban J connectivity index is 1.54. The third-order valence-corrected chi connectivity index (χ3v) is 15.7. The van der Waals surface area contributed by atoms with Crippen molar-refractivity contribution in [3.63, 3.8) is 0 Å². The van der Waals surface area contributed by atoms with E-state index >= 15 is 16.8 Å². The molecule has 2 aromatic heterocycles. The van der Waals surface area contributed by atoms with Crippen molar-refractivity contribution in [2.45, 2.75) is 68.9 Å². The van der Waals surface area contributed by atoms with E-state index in [0.29, 0.717) is 44.5 Å². The molecule has 6 N–H and O–H groups in total. The Morgan fingerprint density at radius 3 is 1.90 bits per heavy atom. The number of fused-ring (bicyclic) bond motifs is 1. The predicted octanol–water partition coefficient (Wildman–Crippen LogP) is 5.69. The van der Waals surface area contributed by atoms with E-state index in [9.17, 15) is 9.90 Å². The lowest BCUT2D eigenvalue weighted by Crippen LogP contribution is -2.53. The highest BCUT2D eigenvalue weighted by molar-refractivity contribution is 7.92. The van der Waals surface area contributed by atoms with Crippen LogP contribution in [0.4, 0.5) is 4.79 Å². The molecule has 0 aliphatic heterocycles. The lowest BCUT2D eigenvalue weighted by atomic mass is 9.84. The molecule has 22 heteroatoms. The van der Waals surface area contributed by atoms with Crippen molar-refractivity contribution in [3.8, 4) is 39.8 Å². The van der Waals surface area contributed by atoms with Crippen LogP contribution in [0.2, 0.25) is 0 Å². The number of hydrogen-bond donors (Lipinski definition) is 4. The standard InChI is InChI=1S/C47H53N9O10S3/c1-47(2,3)44(37(57)28-66-46(49)58)53-68(59,60)39-23-22-35(36-8-7-9-38-42(36)50-40(24-48)67-38)41(45-51-54-56(52-45)27-31-14-20-34(65-6)21-15-31)43(39)69(61,62)55(25-29-10-16-32(63-4)17-11-29)26-30-12-18-33(64-5)19-13-30/h7-23,37,44,53,57H,24-28,48H2,1-6H3,(H2,49,58)/t37-,44-/m0/s1. The molecule has 0 spiro atoms. The molecule has 0 bridgehead atoms. The molecule has 19 nitrogen and oxygen atoms in total. The highest BCUT2D eigenvalue weighted by Gasteiger charge is 2.41. The molecule has 69 heavy (non-hydrogen) atoms. The lowest BCUT2D eigenvalue weighted by Gasteiger charge is -2.35. The number of carbonyl (C=O) groups is 1. The Kier molecular flexibility index (Phi) is 15.3. The van der Waals surface area contributed by atoms with E-state index < -0.39 is 60.1 Å². The lowest BCUT2D eigenvalue weighted by molar-refractivity contribution is 0.0253. The van der Waals surface area contributed by atoms with Gasteiger partial charge in [0.2, 0.25) is 25.9 Å². The molecule has 0 saturated carbocycles. The maximum atomic E-state index is 16.2. The Morgan fingerprint density at radius 2 is 1.38 bits per heavy atom. The number of para-hydroxylation sites is 1. The van der Waals surface area contributed by atoms with Crippen LogP contribution in [0, 0.1) is 5.41 Å². The summed E-state index contributed by atoms with van der Waals surface area (Å²) < 4.78 is 88.5. The number of hydrogen-bond acceptors (Lipinski definition) is 16. The van der Waals surface area contributed by atoms with Crippen LogP contribution in [-0.2, 0) is 51.0 Å². The zero-order valence-corrected chi connectivity index (χ0v) is 41.1. The van der Waals surface area contributed by atoms with Gasteiger partial charge in [-0.25, -0.2) is 31.3 Å². The number of aromatic nitrogens is 5. The number of benzene rings is 5. The van der Waals surface area contributed by atoms with E-state index in [1.807, 2.05) is 18.2 Å². The number of nitrogens with two attached hydrogens (primary N) is 2. The summed E-state index contributed by atoms with van der Waals surface area (Å²) in [5.74, 6) is 1.47. The SMILES string of the molecule is COc1ccc(CN(Cc2ccc(OC)cc2)S(=O)(=O)c2c(S(=O)(=O)N[C@@H]([C@@H](O)COC(N)=O)C(C)(C)C)ccc(-c3cccc4sc(CN)nc34)c2-c2nnn(Cc3ccc(OC)cc3)n2)cc1. The molecule has 0 radical (unpaired) electrons. The van der Waals surface area contributed by atoms with Gasteiger partial charge >= 0.3 is 6.09 Å². The fourth-order valence-electron chi connectivity index (χ4n) is 7.63. The molecule has 0 fully saturated rings. The first-order valence-corrected chi connectivity index (χ1v) is 25.1. The van der Waals surface area contributed by atoms with Gasteiger partial charge in [-0.2, -0.15) is 9.10 Å². The summed E-state index contributed by atoms with van der Waals surface area (Å²) >= 11 is 1.36. The molecule has 0 unspecified atom stereocenters. The highest BCUT2D eigenvalue weighted by Crippen LogP contribution is 2.44. The fraction of sp³-hybridized carbons (Fsp3) is 0.298. The number of sulfonamides is 2. The van der Waals surface area contributed by atoms with Gasteiger partial charge in [0, 0.05) is 25.2 Å². The normalized spacial score (nSPS) is 13.1. The van der Waals surface area contributed by atoms with Gasteiger partial charge in [-0.3, -0.25) is 0 Å². The number of tetrazole rings is 1. The zero-order valence-electron chi connectivity index (χ0n) is 38.7. The van der Waals surface area contributed by atoms with Gasteiger partial charge in [-0.05, 0) is 81.4 Å². The quantitative estimate of drug-likeness (QED) is 0.0715. The summed E-state index contributed by atoms with van der Waals surface area (Å²) in [6.07, 6.45) is -2.82. The maximum Gasteiger partial charge on any atom is 0.404 e. The Bertz CT molecular complexity index is 3090. The molecule has 5 aromatic carbocycles. The number of methoxy groups -OCH3 is 3. The molecule has 7 rings (SSSR count). The van der Waals surface area contributed by atoms with Crippen molar-refractivity contribution in [2.75, 3.05) is 27.9 Å². The van der Waals surface area contributed by atoms with E-state index in [1.165, 1.54) is 42.5 Å². The average molecular weight is 1000 g/mol. The van der Waals surface area contributed by atoms with Crippen molar-refractivity contribution in [2.24, 2.45) is 16.9 Å². The second-order valence-corrected chi connectivity index (χ2v) is 21.6. The van der Waals surface area contributed by atoms with Crippen LogP contribution >= 0.6 is 11.3 Å². The molecule has 0 saturated heterocycles. The monoisotopic (exact) mass is 999 g/mol. The van der Waals surface area contributed by atoms with Gasteiger partial charge in [-0.15, -0.1) is 21.5 Å². The number of thiazole rings is 1. The van der Waals surface area contributed by atoms with Gasteiger partial charge in [-0.1, -0.05) is 75.4 Å². The number of primary amides is 1. The fourth-order valence-corrected chi connectivity index (χ4v) is 12.4. The number of aliphatic hydroxyl groups is 1. The molecular weight excluding hydrogens is 947 g/mol. The first kappa shape index (κ1) is 50.3. The minimum atomic E-state index is -5.04. The number of nitrogens with zero attached hydrogens (tertiary/aromatic N) is 6. The minimum Gasteiger partial charge on any atom is -0.497 e. The first-order chi connectivity index (χ1) is 32.8. The minimum absolute atomic E-state index is 0.0923. The third-order valence-electron chi connectivity index (χ3n) is 11.1. The van der Waals surface area contributed by atoms with Crippen LogP contribution in [0.3, 0.4) is 0 Å². The van der Waals surface area contributed by atoms with Crippen molar-refractivity contribution in [1.82, 2.24) is 34.2 Å². The number of amides is 1. The number of rotatable bonds is 20. The second-order valence-electron chi connectivity index (χ2n) is 16.9. The number of carbonyl (C=O) groups excluding carboxylic acids is 1. The van der Waals surface area contributed by atoms with Gasteiger partial charge < -0.3 is 35.5 Å². The highest BCUT2D eigenvalue weighted by atomic mass is 32.2. The first-order valence-electron chi connectivity index (χ1n) is 21.4. The van der Waals surface area contributed by atoms with Gasteiger partial charge in [0.1, 0.15) is 44.8 Å². The van der Waals surface area contributed by atoms with E-state index in [2.05, 4.69) is 15.0 Å². The predicted molar refractivity (Wildman–Crippen MR) is 259 cm³/mol. The van der Waals surface area contributed by atoms with Gasteiger partial charge in [0.25, 0.3) is 0 Å². The molecule has 7 aromatic rings. The van der Waals surface area contributed by atoms with Crippen LogP contribution < -0.4 is 30.4 Å². The van der Waals surface area contributed by atoms with Gasteiger partial charge in [0.15, 0.2) is 0 Å². The second kappa shape index (κ2) is 21.0.